The number of carbonyl (C=O) groups excluding carboxylic acids is 1. The zero-order chi connectivity index (χ0) is 20.5. The molecule has 0 fully saturated rings. The predicted octanol–water partition coefficient (Wildman–Crippen LogP) is 4.19. The number of aromatic nitrogens is 3. The second-order valence-corrected chi connectivity index (χ2v) is 8.23. The van der Waals surface area contributed by atoms with E-state index in [0.29, 0.717) is 10.7 Å². The Bertz CT molecular complexity index is 1020. The number of ketones is 1. The van der Waals surface area contributed by atoms with Crippen LogP contribution in [-0.2, 0) is 0 Å². The summed E-state index contributed by atoms with van der Waals surface area (Å²) in [6, 6.07) is 12.9. The number of nitrogens with one attached hydrogen (secondary N) is 1. The maximum atomic E-state index is 13.3. The highest BCUT2D eigenvalue weighted by Gasteiger charge is 2.38. The molecule has 1 N–H and O–H groups in total. The van der Waals surface area contributed by atoms with Crippen LogP contribution >= 0.6 is 11.8 Å². The van der Waals surface area contributed by atoms with Gasteiger partial charge in [-0.15, -0.1) is 10.2 Å². The van der Waals surface area contributed by atoms with Gasteiger partial charge in [0.15, 0.2) is 11.6 Å². The molecule has 1 aliphatic heterocycles. The molecule has 0 saturated heterocycles. The summed E-state index contributed by atoms with van der Waals surface area (Å²) in [5.41, 5.74) is 4.83. The topological polar surface area (TPSA) is 69.0 Å². The standard InChI is InChI=1S/C21H21FN4O2S/c1-12(2)20-23-24-21-26(20)25-17(13-6-10-16(28-3)11-7-13)19(29-21)18(27)14-4-8-15(22)9-5-14/h4-12,17,19,25H,1-3H3/t17-,19+/m0/s1. The lowest BCUT2D eigenvalue weighted by Crippen LogP contribution is -2.39. The van der Waals surface area contributed by atoms with E-state index in [1.807, 2.05) is 42.8 Å². The van der Waals surface area contributed by atoms with Gasteiger partial charge in [-0.25, -0.2) is 9.07 Å². The molecule has 2 heterocycles. The normalized spacial score (nSPS) is 18.2. The lowest BCUT2D eigenvalue weighted by atomic mass is 9.97. The Balaban J connectivity index is 1.74. The molecule has 3 aromatic rings. The van der Waals surface area contributed by atoms with Crippen LogP contribution in [0.1, 0.15) is 47.6 Å². The van der Waals surface area contributed by atoms with Crippen LogP contribution in [0.2, 0.25) is 0 Å². The van der Waals surface area contributed by atoms with Gasteiger partial charge in [0.2, 0.25) is 5.16 Å². The SMILES string of the molecule is COc1ccc([C@@H]2Nn3c(nnc3C(C)C)S[C@H]2C(=O)c2ccc(F)cc2)cc1. The lowest BCUT2D eigenvalue weighted by molar-refractivity contribution is 0.0980. The van der Waals surface area contributed by atoms with Crippen molar-refractivity contribution in [1.29, 1.82) is 0 Å². The maximum Gasteiger partial charge on any atom is 0.210 e. The van der Waals surface area contributed by atoms with Crippen molar-refractivity contribution in [3.05, 3.63) is 71.3 Å². The summed E-state index contributed by atoms with van der Waals surface area (Å²) >= 11 is 1.37. The first-order valence-corrected chi connectivity index (χ1v) is 10.2. The summed E-state index contributed by atoms with van der Waals surface area (Å²) < 4.78 is 20.4. The van der Waals surface area contributed by atoms with E-state index in [4.69, 9.17) is 4.74 Å². The van der Waals surface area contributed by atoms with Crippen LogP contribution in [-0.4, -0.2) is 33.0 Å². The van der Waals surface area contributed by atoms with Gasteiger partial charge in [0.1, 0.15) is 16.8 Å². The molecule has 0 amide bonds. The first kappa shape index (κ1) is 19.4. The highest BCUT2D eigenvalue weighted by molar-refractivity contribution is 8.00. The minimum atomic E-state index is -0.481. The molecule has 0 spiro atoms. The van der Waals surface area contributed by atoms with Gasteiger partial charge in [-0.05, 0) is 42.0 Å². The fraction of sp³-hybridized carbons (Fsp3) is 0.286. The monoisotopic (exact) mass is 412 g/mol. The molecule has 6 nitrogen and oxygen atoms in total. The third kappa shape index (κ3) is 3.72. The van der Waals surface area contributed by atoms with Crippen LogP contribution in [0, 0.1) is 5.82 Å². The van der Waals surface area contributed by atoms with Gasteiger partial charge in [-0.3, -0.25) is 4.79 Å². The number of Topliss-reactive ketones (excluding diaryl/α,β-unsaturated/α-hetero) is 1. The molecule has 2 aromatic carbocycles. The fourth-order valence-corrected chi connectivity index (χ4v) is 4.45. The number of carbonyl (C=O) groups is 1. The Morgan fingerprint density at radius 3 is 2.45 bits per heavy atom. The second kappa shape index (κ2) is 7.87. The number of hydrogen-bond donors (Lipinski definition) is 1. The number of rotatable bonds is 5. The van der Waals surface area contributed by atoms with E-state index in [1.54, 1.807) is 7.11 Å². The summed E-state index contributed by atoms with van der Waals surface area (Å²) in [6.07, 6.45) is 0. The summed E-state index contributed by atoms with van der Waals surface area (Å²) in [6.45, 7) is 4.09. The predicted molar refractivity (Wildman–Crippen MR) is 110 cm³/mol. The number of fused-ring (bicyclic) bond motifs is 1. The highest BCUT2D eigenvalue weighted by atomic mass is 32.2. The van der Waals surface area contributed by atoms with Gasteiger partial charge in [0, 0.05) is 11.5 Å². The Morgan fingerprint density at radius 1 is 1.14 bits per heavy atom. The molecule has 0 aliphatic carbocycles. The molecule has 4 rings (SSSR count). The van der Waals surface area contributed by atoms with Crippen LogP contribution in [0.5, 0.6) is 5.75 Å². The third-order valence-corrected chi connectivity index (χ3v) is 6.06. The second-order valence-electron chi connectivity index (χ2n) is 7.12. The van der Waals surface area contributed by atoms with Crippen molar-refractivity contribution < 1.29 is 13.9 Å². The Labute approximate surface area is 172 Å². The number of thioether (sulfide) groups is 1. The average molecular weight is 412 g/mol. The Kier molecular flexibility index (Phi) is 5.27. The third-order valence-electron chi connectivity index (χ3n) is 4.84. The number of nitrogens with zero attached hydrogens (tertiary/aromatic N) is 3. The molecule has 1 aliphatic rings. The van der Waals surface area contributed by atoms with Gasteiger partial charge in [0.25, 0.3) is 0 Å². The lowest BCUT2D eigenvalue weighted by Gasteiger charge is -2.33. The number of methoxy groups -OCH3 is 1. The first-order chi connectivity index (χ1) is 14.0. The van der Waals surface area contributed by atoms with Crippen LogP contribution in [0.25, 0.3) is 0 Å². The molecule has 29 heavy (non-hydrogen) atoms. The zero-order valence-corrected chi connectivity index (χ0v) is 17.1. The van der Waals surface area contributed by atoms with Crippen molar-refractivity contribution in [1.82, 2.24) is 14.9 Å². The maximum absolute atomic E-state index is 13.3. The molecule has 0 bridgehead atoms. The van der Waals surface area contributed by atoms with E-state index in [1.165, 1.54) is 36.0 Å². The van der Waals surface area contributed by atoms with Crippen molar-refractivity contribution in [2.75, 3.05) is 12.5 Å². The van der Waals surface area contributed by atoms with E-state index in [9.17, 15) is 9.18 Å². The van der Waals surface area contributed by atoms with E-state index in [0.717, 1.165) is 17.1 Å². The molecular weight excluding hydrogens is 391 g/mol. The minimum Gasteiger partial charge on any atom is -0.497 e. The van der Waals surface area contributed by atoms with Crippen LogP contribution < -0.4 is 10.2 Å². The molecule has 0 radical (unpaired) electrons. The minimum absolute atomic E-state index is 0.0938. The number of ether oxygens (including phenoxy) is 1. The molecular formula is C21H21FN4O2S. The first-order valence-electron chi connectivity index (χ1n) is 9.30. The van der Waals surface area contributed by atoms with E-state index in [-0.39, 0.29) is 23.6 Å². The van der Waals surface area contributed by atoms with E-state index < -0.39 is 5.25 Å². The van der Waals surface area contributed by atoms with Gasteiger partial charge in [0.05, 0.1) is 13.2 Å². The molecule has 0 saturated carbocycles. The van der Waals surface area contributed by atoms with Crippen molar-refractivity contribution >= 4 is 17.5 Å². The van der Waals surface area contributed by atoms with Gasteiger partial charge in [-0.1, -0.05) is 37.7 Å². The Hall–Kier alpha value is -2.87. The quantitative estimate of drug-likeness (QED) is 0.634. The van der Waals surface area contributed by atoms with Crippen molar-refractivity contribution in [3.63, 3.8) is 0 Å². The number of benzene rings is 2. The van der Waals surface area contributed by atoms with Crippen molar-refractivity contribution in [2.45, 2.75) is 36.2 Å². The fourth-order valence-electron chi connectivity index (χ4n) is 3.29. The van der Waals surface area contributed by atoms with Crippen molar-refractivity contribution in [2.24, 2.45) is 0 Å². The number of halogens is 1. The van der Waals surface area contributed by atoms with Gasteiger partial charge in [-0.2, -0.15) is 0 Å². The van der Waals surface area contributed by atoms with E-state index in [2.05, 4.69) is 15.6 Å². The smallest absolute Gasteiger partial charge is 0.210 e. The number of hydrogen-bond acceptors (Lipinski definition) is 6. The highest BCUT2D eigenvalue weighted by Crippen LogP contribution is 2.39. The van der Waals surface area contributed by atoms with Crippen molar-refractivity contribution in [3.8, 4) is 5.75 Å². The summed E-state index contributed by atoms with van der Waals surface area (Å²) in [5.74, 6) is 1.25. The molecule has 2 atom stereocenters. The summed E-state index contributed by atoms with van der Waals surface area (Å²) in [4.78, 5) is 13.3. The van der Waals surface area contributed by atoms with E-state index >= 15 is 0 Å². The van der Waals surface area contributed by atoms with Gasteiger partial charge < -0.3 is 10.2 Å². The molecule has 1 aromatic heterocycles. The molecule has 150 valence electrons. The molecule has 0 unspecified atom stereocenters. The summed E-state index contributed by atoms with van der Waals surface area (Å²) in [5, 5.41) is 8.69. The van der Waals surface area contributed by atoms with Gasteiger partial charge >= 0.3 is 0 Å². The van der Waals surface area contributed by atoms with Crippen LogP contribution in [0.3, 0.4) is 0 Å². The zero-order valence-electron chi connectivity index (χ0n) is 16.3. The Morgan fingerprint density at radius 2 is 1.83 bits per heavy atom. The summed E-state index contributed by atoms with van der Waals surface area (Å²) in [7, 11) is 1.61. The average Bonchev–Trinajstić information content (AvgIpc) is 3.16. The molecule has 8 heteroatoms. The van der Waals surface area contributed by atoms with Crippen LogP contribution in [0.4, 0.5) is 4.39 Å². The largest absolute Gasteiger partial charge is 0.497 e. The van der Waals surface area contributed by atoms with Crippen LogP contribution in [0.15, 0.2) is 53.7 Å².